The fourth-order valence-electron chi connectivity index (χ4n) is 3.45. The number of benzene rings is 2. The zero-order valence-electron chi connectivity index (χ0n) is 15.6. The molecule has 1 aliphatic heterocycles. The SMILES string of the molecule is O=C(COCc1ccccc1)Nc1ccc2[nH]c(C(=O)N3CCCC3)cc2c1. The molecule has 0 unspecified atom stereocenters. The van der Waals surface area contributed by atoms with Crippen molar-refractivity contribution in [2.45, 2.75) is 19.4 Å². The van der Waals surface area contributed by atoms with Gasteiger partial charge in [0, 0.05) is 29.7 Å². The molecule has 0 bridgehead atoms. The van der Waals surface area contributed by atoms with Gasteiger partial charge in [0.25, 0.3) is 5.91 Å². The van der Waals surface area contributed by atoms with Crippen LogP contribution in [0, 0.1) is 0 Å². The van der Waals surface area contributed by atoms with E-state index in [0.717, 1.165) is 42.4 Å². The number of carbonyl (C=O) groups is 2. The summed E-state index contributed by atoms with van der Waals surface area (Å²) < 4.78 is 5.47. The first-order chi connectivity index (χ1) is 13.7. The van der Waals surface area contributed by atoms with Gasteiger partial charge < -0.3 is 19.9 Å². The maximum absolute atomic E-state index is 12.5. The molecule has 1 saturated heterocycles. The zero-order chi connectivity index (χ0) is 19.3. The number of aromatic amines is 1. The molecule has 2 amide bonds. The monoisotopic (exact) mass is 377 g/mol. The average molecular weight is 377 g/mol. The van der Waals surface area contributed by atoms with E-state index in [1.165, 1.54) is 0 Å². The molecule has 0 atom stereocenters. The van der Waals surface area contributed by atoms with E-state index < -0.39 is 0 Å². The summed E-state index contributed by atoms with van der Waals surface area (Å²) in [4.78, 5) is 29.7. The Bertz CT molecular complexity index is 975. The lowest BCUT2D eigenvalue weighted by atomic mass is 10.2. The summed E-state index contributed by atoms with van der Waals surface area (Å²) in [5.41, 5.74) is 3.17. The normalized spacial score (nSPS) is 13.8. The van der Waals surface area contributed by atoms with Gasteiger partial charge in [-0.1, -0.05) is 30.3 Å². The molecule has 1 aliphatic rings. The number of H-pyrrole nitrogens is 1. The van der Waals surface area contributed by atoms with Crippen LogP contribution in [-0.2, 0) is 16.1 Å². The number of nitrogens with zero attached hydrogens (tertiary/aromatic N) is 1. The second-order valence-corrected chi connectivity index (χ2v) is 7.01. The molecular formula is C22H23N3O3. The van der Waals surface area contributed by atoms with E-state index in [0.29, 0.717) is 18.0 Å². The number of likely N-dealkylation sites (tertiary alicyclic amines) is 1. The van der Waals surface area contributed by atoms with Crippen LogP contribution in [-0.4, -0.2) is 41.4 Å². The van der Waals surface area contributed by atoms with E-state index in [2.05, 4.69) is 10.3 Å². The fraction of sp³-hybridized carbons (Fsp3) is 0.273. The Balaban J connectivity index is 1.36. The molecule has 1 aromatic heterocycles. The second kappa shape index (κ2) is 8.27. The van der Waals surface area contributed by atoms with Gasteiger partial charge in [0.05, 0.1) is 6.61 Å². The maximum atomic E-state index is 12.5. The van der Waals surface area contributed by atoms with Crippen molar-refractivity contribution in [2.24, 2.45) is 0 Å². The molecule has 2 aromatic carbocycles. The van der Waals surface area contributed by atoms with Gasteiger partial charge >= 0.3 is 0 Å². The third-order valence-corrected chi connectivity index (χ3v) is 4.87. The average Bonchev–Trinajstić information content (AvgIpc) is 3.38. The fourth-order valence-corrected chi connectivity index (χ4v) is 3.45. The van der Waals surface area contributed by atoms with Gasteiger partial charge in [0.1, 0.15) is 12.3 Å². The van der Waals surface area contributed by atoms with Crippen molar-refractivity contribution in [3.05, 3.63) is 65.9 Å². The molecule has 6 nitrogen and oxygen atoms in total. The Morgan fingerprint density at radius 2 is 1.82 bits per heavy atom. The van der Waals surface area contributed by atoms with Crippen molar-refractivity contribution in [1.29, 1.82) is 0 Å². The number of amides is 2. The number of ether oxygens (including phenoxy) is 1. The van der Waals surface area contributed by atoms with E-state index in [4.69, 9.17) is 4.74 Å². The molecule has 0 saturated carbocycles. The van der Waals surface area contributed by atoms with Crippen molar-refractivity contribution >= 4 is 28.4 Å². The maximum Gasteiger partial charge on any atom is 0.270 e. The molecular weight excluding hydrogens is 354 g/mol. The van der Waals surface area contributed by atoms with Gasteiger partial charge in [-0.15, -0.1) is 0 Å². The summed E-state index contributed by atoms with van der Waals surface area (Å²) in [5, 5.41) is 3.73. The highest BCUT2D eigenvalue weighted by Crippen LogP contribution is 2.22. The highest BCUT2D eigenvalue weighted by molar-refractivity contribution is 6.00. The lowest BCUT2D eigenvalue weighted by Gasteiger charge is -2.13. The minimum Gasteiger partial charge on any atom is -0.367 e. The van der Waals surface area contributed by atoms with E-state index in [1.807, 2.05) is 59.5 Å². The molecule has 0 spiro atoms. The molecule has 28 heavy (non-hydrogen) atoms. The number of hydrogen-bond acceptors (Lipinski definition) is 3. The minimum absolute atomic E-state index is 0.0151. The van der Waals surface area contributed by atoms with Crippen LogP contribution in [0.1, 0.15) is 28.9 Å². The van der Waals surface area contributed by atoms with Gasteiger partial charge in [-0.05, 0) is 42.7 Å². The molecule has 0 aliphatic carbocycles. The number of aromatic nitrogens is 1. The van der Waals surface area contributed by atoms with Gasteiger partial charge in [-0.3, -0.25) is 9.59 Å². The molecule has 2 heterocycles. The third-order valence-electron chi connectivity index (χ3n) is 4.87. The smallest absolute Gasteiger partial charge is 0.270 e. The van der Waals surface area contributed by atoms with E-state index in [9.17, 15) is 9.59 Å². The summed E-state index contributed by atoms with van der Waals surface area (Å²) in [5.74, 6) is -0.173. The molecule has 6 heteroatoms. The number of hydrogen-bond donors (Lipinski definition) is 2. The minimum atomic E-state index is -0.209. The van der Waals surface area contributed by atoms with Crippen molar-refractivity contribution in [3.8, 4) is 0 Å². The third kappa shape index (κ3) is 4.23. The molecule has 4 rings (SSSR count). The number of carbonyl (C=O) groups excluding carboxylic acids is 2. The summed E-state index contributed by atoms with van der Waals surface area (Å²) >= 11 is 0. The zero-order valence-corrected chi connectivity index (χ0v) is 15.6. The first-order valence-corrected chi connectivity index (χ1v) is 9.52. The van der Waals surface area contributed by atoms with Crippen LogP contribution >= 0.6 is 0 Å². The molecule has 0 radical (unpaired) electrons. The van der Waals surface area contributed by atoms with Gasteiger partial charge in [-0.2, -0.15) is 0 Å². The summed E-state index contributed by atoms with van der Waals surface area (Å²) in [7, 11) is 0. The highest BCUT2D eigenvalue weighted by Gasteiger charge is 2.21. The lowest BCUT2D eigenvalue weighted by molar-refractivity contribution is -0.121. The first-order valence-electron chi connectivity index (χ1n) is 9.52. The topological polar surface area (TPSA) is 74.4 Å². The Labute approximate surface area is 163 Å². The lowest BCUT2D eigenvalue weighted by Crippen LogP contribution is -2.27. The van der Waals surface area contributed by atoms with Gasteiger partial charge in [0.15, 0.2) is 0 Å². The van der Waals surface area contributed by atoms with Crippen molar-refractivity contribution < 1.29 is 14.3 Å². The molecule has 3 aromatic rings. The Morgan fingerprint density at radius 1 is 1.04 bits per heavy atom. The predicted molar refractivity (Wildman–Crippen MR) is 108 cm³/mol. The van der Waals surface area contributed by atoms with Crippen molar-refractivity contribution in [1.82, 2.24) is 9.88 Å². The van der Waals surface area contributed by atoms with Crippen LogP contribution in [0.3, 0.4) is 0 Å². The summed E-state index contributed by atoms with van der Waals surface area (Å²) in [6, 6.07) is 17.1. The number of anilines is 1. The van der Waals surface area contributed by atoms with Crippen molar-refractivity contribution in [2.75, 3.05) is 25.0 Å². The Kier molecular flexibility index (Phi) is 5.39. The predicted octanol–water partition coefficient (Wildman–Crippen LogP) is 3.56. The second-order valence-electron chi connectivity index (χ2n) is 7.01. The number of rotatable bonds is 6. The molecule has 1 fully saturated rings. The summed E-state index contributed by atoms with van der Waals surface area (Å²) in [6.07, 6.45) is 2.13. The summed E-state index contributed by atoms with van der Waals surface area (Å²) in [6.45, 7) is 2.02. The standard InChI is InChI=1S/C22H23N3O3/c26-21(15-28-14-16-6-2-1-3-7-16)23-18-8-9-19-17(12-18)13-20(24-19)22(27)25-10-4-5-11-25/h1-3,6-9,12-13,24H,4-5,10-11,14-15H2,(H,23,26). The largest absolute Gasteiger partial charge is 0.367 e. The molecule has 144 valence electrons. The molecule has 2 N–H and O–H groups in total. The van der Waals surface area contributed by atoms with Crippen LogP contribution in [0.15, 0.2) is 54.6 Å². The number of nitrogens with one attached hydrogen (secondary N) is 2. The van der Waals surface area contributed by atoms with E-state index in [1.54, 1.807) is 0 Å². The van der Waals surface area contributed by atoms with Crippen LogP contribution in [0.5, 0.6) is 0 Å². The highest BCUT2D eigenvalue weighted by atomic mass is 16.5. The number of fused-ring (bicyclic) bond motifs is 1. The van der Waals surface area contributed by atoms with Crippen LogP contribution in [0.4, 0.5) is 5.69 Å². The van der Waals surface area contributed by atoms with Gasteiger partial charge in [-0.25, -0.2) is 0 Å². The quantitative estimate of drug-likeness (QED) is 0.690. The van der Waals surface area contributed by atoms with Crippen molar-refractivity contribution in [3.63, 3.8) is 0 Å². The Morgan fingerprint density at radius 3 is 2.61 bits per heavy atom. The van der Waals surface area contributed by atoms with Crippen LogP contribution in [0.2, 0.25) is 0 Å². The van der Waals surface area contributed by atoms with E-state index >= 15 is 0 Å². The van der Waals surface area contributed by atoms with Crippen LogP contribution in [0.25, 0.3) is 10.9 Å². The Hall–Kier alpha value is -3.12. The first kappa shape index (κ1) is 18.3. The van der Waals surface area contributed by atoms with Gasteiger partial charge in [0.2, 0.25) is 5.91 Å². The van der Waals surface area contributed by atoms with Crippen LogP contribution < -0.4 is 5.32 Å². The van der Waals surface area contributed by atoms with E-state index in [-0.39, 0.29) is 18.4 Å².